The van der Waals surface area contributed by atoms with Gasteiger partial charge in [-0.05, 0) is 67.1 Å². The van der Waals surface area contributed by atoms with E-state index in [1.165, 1.54) is 6.20 Å². The number of fused-ring (bicyclic) bond motifs is 2. The van der Waals surface area contributed by atoms with Gasteiger partial charge in [-0.3, -0.25) is 4.79 Å². The van der Waals surface area contributed by atoms with E-state index < -0.39 is 6.10 Å². The van der Waals surface area contributed by atoms with E-state index in [4.69, 9.17) is 0 Å². The second-order valence-corrected chi connectivity index (χ2v) is 9.42. The van der Waals surface area contributed by atoms with Gasteiger partial charge in [-0.2, -0.15) is 0 Å². The maximum absolute atomic E-state index is 15.4. The van der Waals surface area contributed by atoms with Gasteiger partial charge in [0.05, 0.1) is 46.4 Å². The van der Waals surface area contributed by atoms with E-state index in [9.17, 15) is 15.0 Å². The Bertz CT molecular complexity index is 1500. The first kappa shape index (κ1) is 22.6. The summed E-state index contributed by atoms with van der Waals surface area (Å²) in [6, 6.07) is 10.5. The lowest BCUT2D eigenvalue weighted by Crippen LogP contribution is -2.35. The predicted octanol–water partition coefficient (Wildman–Crippen LogP) is 3.81. The van der Waals surface area contributed by atoms with Crippen LogP contribution in [0.5, 0.6) is 0 Å². The number of H-pyrrole nitrogens is 1. The lowest BCUT2D eigenvalue weighted by molar-refractivity contribution is 0.145. The van der Waals surface area contributed by atoms with Gasteiger partial charge in [-0.25, -0.2) is 14.4 Å². The van der Waals surface area contributed by atoms with Crippen LogP contribution in [0, 0.1) is 5.82 Å². The normalized spacial score (nSPS) is 18.0. The molecule has 1 unspecified atom stereocenters. The van der Waals surface area contributed by atoms with Gasteiger partial charge < -0.3 is 25.4 Å². The largest absolute Gasteiger partial charge is 0.393 e. The monoisotopic (exact) mass is 487 g/mol. The molecule has 1 atom stereocenters. The summed E-state index contributed by atoms with van der Waals surface area (Å²) in [4.78, 5) is 26.7. The third kappa shape index (κ3) is 4.00. The summed E-state index contributed by atoms with van der Waals surface area (Å²) in [7, 11) is 0. The number of aliphatic hydroxyl groups excluding tert-OH is 2. The van der Waals surface area contributed by atoms with Crippen LogP contribution < -0.4 is 15.8 Å². The fourth-order valence-corrected chi connectivity index (χ4v) is 5.17. The predicted molar refractivity (Wildman–Crippen MR) is 136 cm³/mol. The second-order valence-electron chi connectivity index (χ2n) is 9.42. The second kappa shape index (κ2) is 9.00. The van der Waals surface area contributed by atoms with E-state index in [0.717, 1.165) is 31.6 Å². The quantitative estimate of drug-likeness (QED) is 0.346. The molecule has 9 heteroatoms. The van der Waals surface area contributed by atoms with Crippen LogP contribution in [-0.2, 0) is 6.42 Å². The molecule has 0 spiro atoms. The van der Waals surface area contributed by atoms with Gasteiger partial charge in [-0.15, -0.1) is 0 Å². The summed E-state index contributed by atoms with van der Waals surface area (Å²) in [6.45, 7) is 1.54. The lowest BCUT2D eigenvalue weighted by atomic mass is 10.0. The lowest BCUT2D eigenvalue weighted by Gasteiger charge is -2.31. The van der Waals surface area contributed by atoms with Crippen molar-refractivity contribution in [2.75, 3.05) is 23.3 Å². The van der Waals surface area contributed by atoms with Gasteiger partial charge in [0.1, 0.15) is 11.6 Å². The Morgan fingerprint density at radius 2 is 1.92 bits per heavy atom. The van der Waals surface area contributed by atoms with Gasteiger partial charge in [0, 0.05) is 24.8 Å². The fraction of sp³-hybridized carbons (Fsp3) is 0.296. The van der Waals surface area contributed by atoms with E-state index in [1.54, 1.807) is 30.5 Å². The van der Waals surface area contributed by atoms with Crippen molar-refractivity contribution in [3.05, 3.63) is 76.1 Å². The van der Waals surface area contributed by atoms with E-state index >= 15 is 4.39 Å². The molecule has 8 nitrogen and oxygen atoms in total. The van der Waals surface area contributed by atoms with Crippen LogP contribution >= 0.6 is 0 Å². The van der Waals surface area contributed by atoms with Crippen molar-refractivity contribution < 1.29 is 14.6 Å². The van der Waals surface area contributed by atoms with Crippen molar-refractivity contribution in [2.24, 2.45) is 0 Å². The van der Waals surface area contributed by atoms with E-state index in [0.29, 0.717) is 57.6 Å². The molecule has 36 heavy (non-hydrogen) atoms. The molecule has 1 aliphatic carbocycles. The Morgan fingerprint density at radius 1 is 1.08 bits per heavy atom. The first-order valence-electron chi connectivity index (χ1n) is 12.2. The third-order valence-corrected chi connectivity index (χ3v) is 7.15. The summed E-state index contributed by atoms with van der Waals surface area (Å²) < 4.78 is 15.4. The first-order chi connectivity index (χ1) is 17.5. The molecule has 4 heterocycles. The number of pyridine rings is 3. The minimum atomic E-state index is -0.645. The molecule has 1 saturated heterocycles. The Balaban J connectivity index is 1.37. The molecular formula is C27H26FN5O3. The summed E-state index contributed by atoms with van der Waals surface area (Å²) in [5.41, 5.74) is 3.41. The molecule has 0 bridgehead atoms. The van der Waals surface area contributed by atoms with Crippen LogP contribution in [0.1, 0.15) is 36.5 Å². The molecule has 4 aromatic rings. The average molecular weight is 488 g/mol. The molecule has 1 aromatic carbocycles. The van der Waals surface area contributed by atoms with E-state index in [1.807, 2.05) is 12.1 Å². The van der Waals surface area contributed by atoms with Crippen molar-refractivity contribution in [3.8, 4) is 11.3 Å². The number of aromatic amines is 1. The number of piperidine rings is 1. The summed E-state index contributed by atoms with van der Waals surface area (Å²) in [5, 5.41) is 23.4. The highest BCUT2D eigenvalue weighted by molar-refractivity contribution is 5.94. The highest BCUT2D eigenvalue weighted by atomic mass is 19.1. The minimum absolute atomic E-state index is 0.247. The SMILES string of the molecule is O=c1[nH]ccc2nc(-c3ccc4c(c3F)CCC4O)cc(Nc3ccc(N4CCC(O)CC4)cn3)c12. The fourth-order valence-electron chi connectivity index (χ4n) is 5.17. The molecule has 184 valence electrons. The van der Waals surface area contributed by atoms with Gasteiger partial charge in [0.2, 0.25) is 0 Å². The third-order valence-electron chi connectivity index (χ3n) is 7.15. The summed E-state index contributed by atoms with van der Waals surface area (Å²) in [5.74, 6) is 0.149. The first-order valence-corrected chi connectivity index (χ1v) is 12.2. The number of nitrogens with one attached hydrogen (secondary N) is 2. The van der Waals surface area contributed by atoms with Crippen LogP contribution in [0.25, 0.3) is 22.2 Å². The highest BCUT2D eigenvalue weighted by Gasteiger charge is 2.26. The Kier molecular flexibility index (Phi) is 5.66. The van der Waals surface area contributed by atoms with E-state index in [2.05, 4.69) is 25.2 Å². The Hall–Kier alpha value is -3.82. The molecular weight excluding hydrogens is 461 g/mol. The van der Waals surface area contributed by atoms with Crippen LogP contribution in [0.15, 0.2) is 53.6 Å². The van der Waals surface area contributed by atoms with Gasteiger partial charge in [0.15, 0.2) is 0 Å². The Morgan fingerprint density at radius 3 is 2.69 bits per heavy atom. The van der Waals surface area contributed by atoms with Crippen LogP contribution in [0.4, 0.5) is 21.6 Å². The molecule has 0 radical (unpaired) electrons. The number of nitrogens with zero attached hydrogens (tertiary/aromatic N) is 3. The van der Waals surface area contributed by atoms with Gasteiger partial charge in [0.25, 0.3) is 5.56 Å². The van der Waals surface area contributed by atoms with Crippen molar-refractivity contribution in [3.63, 3.8) is 0 Å². The van der Waals surface area contributed by atoms with Crippen LogP contribution in [-0.4, -0.2) is 44.4 Å². The molecule has 0 saturated carbocycles. The van der Waals surface area contributed by atoms with Gasteiger partial charge in [-0.1, -0.05) is 6.07 Å². The smallest absolute Gasteiger partial charge is 0.259 e. The maximum atomic E-state index is 15.4. The topological polar surface area (TPSA) is 114 Å². The number of rotatable bonds is 4. The average Bonchev–Trinajstić information content (AvgIpc) is 3.26. The van der Waals surface area contributed by atoms with Crippen molar-refractivity contribution >= 4 is 28.1 Å². The summed E-state index contributed by atoms with van der Waals surface area (Å²) in [6.07, 6.45) is 4.82. The van der Waals surface area contributed by atoms with Crippen molar-refractivity contribution in [2.45, 2.75) is 37.9 Å². The Labute approximate surface area is 206 Å². The van der Waals surface area contributed by atoms with E-state index in [-0.39, 0.29) is 17.5 Å². The summed E-state index contributed by atoms with van der Waals surface area (Å²) >= 11 is 0. The van der Waals surface area contributed by atoms with Crippen molar-refractivity contribution in [1.82, 2.24) is 15.0 Å². The number of halogens is 1. The van der Waals surface area contributed by atoms with Gasteiger partial charge >= 0.3 is 0 Å². The number of anilines is 3. The zero-order valence-corrected chi connectivity index (χ0v) is 19.5. The van der Waals surface area contributed by atoms with Crippen molar-refractivity contribution in [1.29, 1.82) is 0 Å². The zero-order valence-electron chi connectivity index (χ0n) is 19.5. The van der Waals surface area contributed by atoms with Crippen LogP contribution in [0.2, 0.25) is 0 Å². The number of hydrogen-bond donors (Lipinski definition) is 4. The highest BCUT2D eigenvalue weighted by Crippen LogP contribution is 2.38. The standard InChI is InChI=1S/C27H26FN5O3/c28-26-18-4-5-23(35)17(18)2-3-19(26)21-13-22(25-20(31-21)7-10-29-27(25)36)32-24-6-1-15(14-30-24)33-11-8-16(34)9-12-33/h1-3,6-7,10,13-14,16,23,34-35H,4-5,8-9,11-12H2,(H,29,36)(H,30,31,32). The molecule has 1 aliphatic heterocycles. The molecule has 3 aromatic heterocycles. The van der Waals surface area contributed by atoms with Crippen LogP contribution in [0.3, 0.4) is 0 Å². The number of hydrogen-bond acceptors (Lipinski definition) is 7. The molecule has 4 N–H and O–H groups in total. The molecule has 1 fully saturated rings. The number of aliphatic hydroxyl groups is 2. The minimum Gasteiger partial charge on any atom is -0.393 e. The number of aromatic nitrogens is 3. The molecule has 6 rings (SSSR count). The zero-order chi connectivity index (χ0) is 24.8. The number of benzene rings is 1. The molecule has 0 amide bonds. The maximum Gasteiger partial charge on any atom is 0.259 e. The molecule has 2 aliphatic rings.